The van der Waals surface area contributed by atoms with Gasteiger partial charge < -0.3 is 10.3 Å². The fourth-order valence-electron chi connectivity index (χ4n) is 4.09. The summed E-state index contributed by atoms with van der Waals surface area (Å²) in [5.74, 6) is -0.561. The van der Waals surface area contributed by atoms with Gasteiger partial charge in [0.15, 0.2) is 5.69 Å². The van der Waals surface area contributed by atoms with Gasteiger partial charge in [0.05, 0.1) is 17.9 Å². The van der Waals surface area contributed by atoms with Crippen LogP contribution in [0.3, 0.4) is 0 Å². The van der Waals surface area contributed by atoms with Crippen LogP contribution in [0.4, 0.5) is 4.39 Å². The third-order valence-corrected chi connectivity index (χ3v) is 6.47. The second-order valence-electron chi connectivity index (χ2n) is 8.54. The molecule has 33 heavy (non-hydrogen) atoms. The molecule has 0 unspecified atom stereocenters. The van der Waals surface area contributed by atoms with Crippen LogP contribution in [-0.2, 0) is 0 Å². The molecule has 2 heterocycles. The van der Waals surface area contributed by atoms with E-state index in [1.807, 2.05) is 26.0 Å². The third kappa shape index (κ3) is 4.04. The average Bonchev–Trinajstić information content (AvgIpc) is 3.55. The lowest BCUT2D eigenvalue weighted by molar-refractivity contribution is 0.0933. The van der Waals surface area contributed by atoms with Gasteiger partial charge in [0, 0.05) is 10.6 Å². The Morgan fingerprint density at radius 2 is 1.97 bits per heavy atom. The van der Waals surface area contributed by atoms with Crippen molar-refractivity contribution in [2.75, 3.05) is 0 Å². The van der Waals surface area contributed by atoms with Crippen molar-refractivity contribution in [2.45, 2.75) is 38.6 Å². The highest BCUT2D eigenvalue weighted by Crippen LogP contribution is 2.43. The maximum absolute atomic E-state index is 13.2. The van der Waals surface area contributed by atoms with E-state index >= 15 is 0 Å². The number of halogens is 2. The van der Waals surface area contributed by atoms with Crippen molar-refractivity contribution in [3.05, 3.63) is 92.2 Å². The van der Waals surface area contributed by atoms with Crippen LogP contribution in [0.1, 0.15) is 58.9 Å². The van der Waals surface area contributed by atoms with Gasteiger partial charge in [0.25, 0.3) is 11.5 Å². The van der Waals surface area contributed by atoms with E-state index in [4.69, 9.17) is 11.6 Å². The molecule has 1 aliphatic rings. The lowest BCUT2D eigenvalue weighted by Crippen LogP contribution is -2.27. The molecular weight excluding hydrogens is 443 g/mol. The van der Waals surface area contributed by atoms with Gasteiger partial charge in [0.1, 0.15) is 11.3 Å². The third-order valence-electron chi connectivity index (χ3n) is 6.05. The summed E-state index contributed by atoms with van der Waals surface area (Å²) in [4.78, 5) is 29.2. The predicted octanol–water partition coefficient (Wildman–Crippen LogP) is 5.16. The molecule has 1 fully saturated rings. The van der Waals surface area contributed by atoms with Gasteiger partial charge in [-0.25, -0.2) is 8.91 Å². The van der Waals surface area contributed by atoms with Gasteiger partial charge >= 0.3 is 0 Å². The number of rotatable bonds is 5. The number of carbonyl (C=O) groups is 1. The summed E-state index contributed by atoms with van der Waals surface area (Å²) in [6, 6.07) is 11.1. The molecule has 168 valence electrons. The van der Waals surface area contributed by atoms with Crippen LogP contribution in [0.5, 0.6) is 0 Å². The van der Waals surface area contributed by atoms with E-state index in [1.165, 1.54) is 16.6 Å². The zero-order chi connectivity index (χ0) is 23.3. The summed E-state index contributed by atoms with van der Waals surface area (Å²) in [7, 11) is 0. The van der Waals surface area contributed by atoms with Crippen molar-refractivity contribution in [3.63, 3.8) is 0 Å². The molecule has 1 aliphatic carbocycles. The van der Waals surface area contributed by atoms with Crippen molar-refractivity contribution < 1.29 is 9.18 Å². The molecule has 1 saturated carbocycles. The van der Waals surface area contributed by atoms with E-state index in [1.54, 1.807) is 24.4 Å². The minimum absolute atomic E-state index is 0.133. The highest BCUT2D eigenvalue weighted by atomic mass is 35.5. The second-order valence-corrected chi connectivity index (χ2v) is 8.94. The number of hydrogen-bond donors (Lipinski definition) is 2. The average molecular weight is 465 g/mol. The summed E-state index contributed by atoms with van der Waals surface area (Å²) in [6.45, 7) is 3.72. The quantitative estimate of drug-likeness (QED) is 0.428. The van der Waals surface area contributed by atoms with E-state index in [2.05, 4.69) is 15.4 Å². The lowest BCUT2D eigenvalue weighted by Gasteiger charge is -2.14. The second kappa shape index (κ2) is 8.15. The van der Waals surface area contributed by atoms with E-state index in [0.717, 1.165) is 29.5 Å². The van der Waals surface area contributed by atoms with Crippen molar-refractivity contribution >= 4 is 23.0 Å². The Balaban J connectivity index is 1.54. The highest BCUT2D eigenvalue weighted by molar-refractivity contribution is 6.31. The minimum atomic E-state index is -0.360. The minimum Gasteiger partial charge on any atom is -0.344 e. The predicted molar refractivity (Wildman–Crippen MR) is 125 cm³/mol. The smallest absolute Gasteiger partial charge is 0.274 e. The molecule has 2 aromatic heterocycles. The molecule has 6 nitrogen and oxygen atoms in total. The van der Waals surface area contributed by atoms with Gasteiger partial charge in [-0.05, 0) is 73.6 Å². The Morgan fingerprint density at radius 1 is 1.24 bits per heavy atom. The summed E-state index contributed by atoms with van der Waals surface area (Å²) in [6.07, 6.45) is 3.55. The number of fused-ring (bicyclic) bond motifs is 1. The molecule has 1 atom stereocenters. The number of aryl methyl sites for hydroxylation is 1. The number of amides is 1. The van der Waals surface area contributed by atoms with E-state index in [0.29, 0.717) is 21.8 Å². The largest absolute Gasteiger partial charge is 0.344 e. The van der Waals surface area contributed by atoms with Crippen molar-refractivity contribution in [1.29, 1.82) is 0 Å². The number of aromatic nitrogens is 3. The highest BCUT2D eigenvalue weighted by Gasteiger charge is 2.34. The number of benzene rings is 2. The van der Waals surface area contributed by atoms with Crippen LogP contribution >= 0.6 is 11.6 Å². The van der Waals surface area contributed by atoms with Crippen LogP contribution in [0.15, 0.2) is 53.5 Å². The fourth-order valence-corrected chi connectivity index (χ4v) is 4.21. The molecule has 8 heteroatoms. The molecule has 2 N–H and O–H groups in total. The maximum atomic E-state index is 13.2. The van der Waals surface area contributed by atoms with Crippen LogP contribution in [-0.4, -0.2) is 20.5 Å². The van der Waals surface area contributed by atoms with Gasteiger partial charge in [0.2, 0.25) is 0 Å². The number of nitrogens with zero attached hydrogens (tertiary/aromatic N) is 2. The summed E-state index contributed by atoms with van der Waals surface area (Å²) in [5, 5.41) is 8.10. The maximum Gasteiger partial charge on any atom is 0.274 e. The number of carbonyl (C=O) groups excluding carboxylic acids is 1. The Bertz CT molecular complexity index is 1440. The molecule has 0 aliphatic heterocycles. The zero-order valence-corrected chi connectivity index (χ0v) is 18.9. The summed E-state index contributed by atoms with van der Waals surface area (Å²) in [5.41, 5.74) is 4.09. The van der Waals surface area contributed by atoms with Crippen LogP contribution in [0, 0.1) is 12.7 Å². The first-order chi connectivity index (χ1) is 15.8. The van der Waals surface area contributed by atoms with Gasteiger partial charge in [-0.2, -0.15) is 5.10 Å². The standard InChI is InChI=1S/C25H22ClFN4O2/c1-13-11-17(7-10-19(13)26)20-12-31-23(25(33)29-20)21(16-3-4-16)22(30-31)24(32)28-14(2)15-5-8-18(27)9-6-15/h5-12,14,16H,3-4H2,1-2H3,(H,28,32)(H,29,33)/t14-/m1/s1. The number of nitrogens with one attached hydrogen (secondary N) is 2. The molecule has 4 aromatic rings. The lowest BCUT2D eigenvalue weighted by atomic mass is 10.1. The van der Waals surface area contributed by atoms with Gasteiger partial charge in [-0.15, -0.1) is 0 Å². The van der Waals surface area contributed by atoms with E-state index in [9.17, 15) is 14.0 Å². The number of hydrogen-bond acceptors (Lipinski definition) is 3. The zero-order valence-electron chi connectivity index (χ0n) is 18.2. The van der Waals surface area contributed by atoms with Gasteiger partial charge in [-0.1, -0.05) is 29.8 Å². The Labute approximate surface area is 194 Å². The Morgan fingerprint density at radius 3 is 2.64 bits per heavy atom. The topological polar surface area (TPSA) is 79.3 Å². The summed E-state index contributed by atoms with van der Waals surface area (Å²) >= 11 is 6.14. The van der Waals surface area contributed by atoms with Crippen LogP contribution in [0.25, 0.3) is 16.8 Å². The number of aromatic amines is 1. The fraction of sp³-hybridized carbons (Fsp3) is 0.240. The summed E-state index contributed by atoms with van der Waals surface area (Å²) < 4.78 is 14.7. The number of H-pyrrole nitrogens is 1. The first-order valence-electron chi connectivity index (χ1n) is 10.8. The Kier molecular flexibility index (Phi) is 5.29. The van der Waals surface area contributed by atoms with Crippen LogP contribution in [0.2, 0.25) is 5.02 Å². The molecule has 0 spiro atoms. The van der Waals surface area contributed by atoms with E-state index < -0.39 is 0 Å². The van der Waals surface area contributed by atoms with E-state index in [-0.39, 0.29) is 34.9 Å². The van der Waals surface area contributed by atoms with Gasteiger partial charge in [-0.3, -0.25) is 9.59 Å². The first-order valence-corrected chi connectivity index (χ1v) is 11.2. The monoisotopic (exact) mass is 464 g/mol. The Hall–Kier alpha value is -3.45. The van der Waals surface area contributed by atoms with Crippen LogP contribution < -0.4 is 10.9 Å². The molecule has 1 amide bonds. The first kappa shape index (κ1) is 21.4. The normalized spacial score (nSPS) is 14.4. The molecule has 0 saturated heterocycles. The molecule has 0 bridgehead atoms. The molecule has 0 radical (unpaired) electrons. The van der Waals surface area contributed by atoms with Crippen molar-refractivity contribution in [3.8, 4) is 11.3 Å². The van der Waals surface area contributed by atoms with Crippen molar-refractivity contribution in [2.24, 2.45) is 0 Å². The SMILES string of the molecule is Cc1cc(-c2cn3nc(C(=O)N[C@H](C)c4ccc(F)cc4)c(C4CC4)c3c(=O)[nH]2)ccc1Cl. The molecule has 5 rings (SSSR count). The molecular formula is C25H22ClFN4O2. The van der Waals surface area contributed by atoms with Crippen molar-refractivity contribution in [1.82, 2.24) is 19.9 Å². The molecule has 2 aromatic carbocycles.